The first kappa shape index (κ1) is 13.8. The highest BCUT2D eigenvalue weighted by Gasteiger charge is 2.43. The van der Waals surface area contributed by atoms with Crippen LogP contribution >= 0.6 is 15.9 Å². The van der Waals surface area contributed by atoms with Gasteiger partial charge >= 0.3 is 0 Å². The highest BCUT2D eigenvalue weighted by molar-refractivity contribution is 9.10. The molecule has 1 saturated heterocycles. The molecule has 0 radical (unpaired) electrons. The summed E-state index contributed by atoms with van der Waals surface area (Å²) in [5, 5.41) is 7.82. The zero-order valence-electron chi connectivity index (χ0n) is 10.9. The van der Waals surface area contributed by atoms with Crippen LogP contribution in [0.3, 0.4) is 0 Å². The number of hydrogen-bond acceptors (Lipinski definition) is 3. The number of piperidine rings is 1. The maximum absolute atomic E-state index is 14.0. The van der Waals surface area contributed by atoms with Gasteiger partial charge in [0.05, 0.1) is 23.6 Å². The standard InChI is InChI=1S/C13H14BrF2N3O/c1-20-11-5-10-8(4-9(11)14)6-19(18-10)12-2-3-17-7-13(12,15)16/h4-6,12,17H,2-3,7H2,1H3. The average molecular weight is 346 g/mol. The van der Waals surface area contributed by atoms with Crippen LogP contribution in [0, 0.1) is 0 Å². The fourth-order valence-electron chi connectivity index (χ4n) is 2.51. The summed E-state index contributed by atoms with van der Waals surface area (Å²) in [6, 6.07) is 2.67. The molecule has 0 bridgehead atoms. The molecule has 1 aromatic heterocycles. The van der Waals surface area contributed by atoms with Crippen molar-refractivity contribution in [3.8, 4) is 5.75 Å². The van der Waals surface area contributed by atoms with Crippen LogP contribution in [-0.2, 0) is 0 Å². The van der Waals surface area contributed by atoms with Crippen molar-refractivity contribution in [3.63, 3.8) is 0 Å². The average Bonchev–Trinajstić information content (AvgIpc) is 2.79. The lowest BCUT2D eigenvalue weighted by molar-refractivity contribution is -0.0695. The molecule has 0 aliphatic carbocycles. The van der Waals surface area contributed by atoms with Gasteiger partial charge in [-0.05, 0) is 35.0 Å². The Morgan fingerprint density at radius 3 is 3.00 bits per heavy atom. The van der Waals surface area contributed by atoms with Gasteiger partial charge in [-0.3, -0.25) is 4.68 Å². The summed E-state index contributed by atoms with van der Waals surface area (Å²) < 4.78 is 35.3. The Hall–Kier alpha value is -1.21. The SMILES string of the molecule is COc1cc2nn(C3CCNCC3(F)F)cc2cc1Br. The van der Waals surface area contributed by atoms with Crippen molar-refractivity contribution in [1.29, 1.82) is 0 Å². The monoisotopic (exact) mass is 345 g/mol. The summed E-state index contributed by atoms with van der Waals surface area (Å²) in [6.45, 7) is 0.268. The fraction of sp³-hybridized carbons (Fsp3) is 0.462. The van der Waals surface area contributed by atoms with Crippen molar-refractivity contribution in [1.82, 2.24) is 15.1 Å². The molecule has 1 aliphatic heterocycles. The summed E-state index contributed by atoms with van der Waals surface area (Å²) in [4.78, 5) is 0. The molecule has 1 N–H and O–H groups in total. The zero-order chi connectivity index (χ0) is 14.3. The second-order valence-electron chi connectivity index (χ2n) is 4.90. The Morgan fingerprint density at radius 2 is 2.30 bits per heavy atom. The number of ether oxygens (including phenoxy) is 1. The lowest BCUT2D eigenvalue weighted by Gasteiger charge is -2.31. The number of aromatic nitrogens is 2. The number of nitrogens with one attached hydrogen (secondary N) is 1. The maximum Gasteiger partial charge on any atom is 0.282 e. The Morgan fingerprint density at radius 1 is 1.50 bits per heavy atom. The molecule has 3 rings (SSSR count). The van der Waals surface area contributed by atoms with E-state index in [1.165, 1.54) is 4.68 Å². The summed E-state index contributed by atoms with van der Waals surface area (Å²) in [7, 11) is 1.56. The minimum absolute atomic E-state index is 0.305. The van der Waals surface area contributed by atoms with Crippen LogP contribution in [-0.4, -0.2) is 35.9 Å². The van der Waals surface area contributed by atoms with Crippen molar-refractivity contribution < 1.29 is 13.5 Å². The minimum atomic E-state index is -2.79. The van der Waals surface area contributed by atoms with Gasteiger partial charge in [-0.15, -0.1) is 0 Å². The number of rotatable bonds is 2. The van der Waals surface area contributed by atoms with E-state index in [1.54, 1.807) is 19.4 Å². The van der Waals surface area contributed by atoms with Gasteiger partial charge in [0.25, 0.3) is 5.92 Å². The number of fused-ring (bicyclic) bond motifs is 1. The lowest BCUT2D eigenvalue weighted by atomic mass is 10.0. The van der Waals surface area contributed by atoms with Crippen LogP contribution in [0.1, 0.15) is 12.5 Å². The Labute approximate surface area is 123 Å². The van der Waals surface area contributed by atoms with Crippen LogP contribution < -0.4 is 10.1 Å². The van der Waals surface area contributed by atoms with Crippen molar-refractivity contribution in [2.75, 3.05) is 20.2 Å². The van der Waals surface area contributed by atoms with Gasteiger partial charge in [0.15, 0.2) is 0 Å². The molecule has 20 heavy (non-hydrogen) atoms. The molecule has 108 valence electrons. The van der Waals surface area contributed by atoms with Crippen LogP contribution in [0.2, 0.25) is 0 Å². The summed E-state index contributed by atoms with van der Waals surface area (Å²) in [6.07, 6.45) is 2.03. The van der Waals surface area contributed by atoms with E-state index < -0.39 is 12.0 Å². The largest absolute Gasteiger partial charge is 0.495 e. The van der Waals surface area contributed by atoms with Gasteiger partial charge in [0, 0.05) is 17.6 Å². The molecule has 1 aliphatic rings. The van der Waals surface area contributed by atoms with E-state index in [2.05, 4.69) is 26.3 Å². The number of benzene rings is 1. The quantitative estimate of drug-likeness (QED) is 0.909. The highest BCUT2D eigenvalue weighted by atomic mass is 79.9. The first-order valence-corrected chi connectivity index (χ1v) is 7.11. The van der Waals surface area contributed by atoms with Crippen molar-refractivity contribution >= 4 is 26.8 Å². The summed E-state index contributed by atoms with van der Waals surface area (Å²) >= 11 is 3.39. The maximum atomic E-state index is 14.0. The van der Waals surface area contributed by atoms with E-state index in [4.69, 9.17) is 4.74 Å². The molecule has 0 spiro atoms. The van der Waals surface area contributed by atoms with Crippen LogP contribution in [0.25, 0.3) is 10.9 Å². The first-order chi connectivity index (χ1) is 9.51. The Balaban J connectivity index is 2.04. The Bertz CT molecular complexity index is 644. The third-order valence-corrected chi connectivity index (χ3v) is 4.18. The third kappa shape index (κ3) is 2.29. The minimum Gasteiger partial charge on any atom is -0.495 e. The molecule has 1 atom stereocenters. The highest BCUT2D eigenvalue weighted by Crippen LogP contribution is 2.35. The topological polar surface area (TPSA) is 39.1 Å². The molecule has 1 unspecified atom stereocenters. The van der Waals surface area contributed by atoms with Crippen LogP contribution in [0.5, 0.6) is 5.75 Å². The van der Waals surface area contributed by atoms with Gasteiger partial charge in [0.1, 0.15) is 11.8 Å². The number of methoxy groups -OCH3 is 1. The number of nitrogens with zero attached hydrogens (tertiary/aromatic N) is 2. The van der Waals surface area contributed by atoms with Gasteiger partial charge < -0.3 is 10.1 Å². The number of hydrogen-bond donors (Lipinski definition) is 1. The molecule has 7 heteroatoms. The summed E-state index contributed by atoms with van der Waals surface area (Å²) in [5.41, 5.74) is 0.652. The summed E-state index contributed by atoms with van der Waals surface area (Å²) in [5.74, 6) is -2.15. The molecule has 0 amide bonds. The first-order valence-electron chi connectivity index (χ1n) is 6.32. The van der Waals surface area contributed by atoms with E-state index in [1.807, 2.05) is 6.07 Å². The number of halogens is 3. The molecule has 2 aromatic rings. The van der Waals surface area contributed by atoms with Crippen molar-refractivity contribution in [3.05, 3.63) is 22.8 Å². The number of alkyl halides is 2. The zero-order valence-corrected chi connectivity index (χ0v) is 12.5. The molecular weight excluding hydrogens is 332 g/mol. The van der Waals surface area contributed by atoms with E-state index in [0.717, 1.165) is 9.86 Å². The van der Waals surface area contributed by atoms with Gasteiger partial charge in [0.2, 0.25) is 0 Å². The molecule has 1 fully saturated rings. The van der Waals surface area contributed by atoms with E-state index in [0.29, 0.717) is 24.2 Å². The van der Waals surface area contributed by atoms with Crippen LogP contribution in [0.15, 0.2) is 22.8 Å². The predicted molar refractivity (Wildman–Crippen MR) is 75.5 cm³/mol. The van der Waals surface area contributed by atoms with Gasteiger partial charge in [-0.1, -0.05) is 0 Å². The van der Waals surface area contributed by atoms with E-state index >= 15 is 0 Å². The molecule has 0 saturated carbocycles. The second kappa shape index (κ2) is 4.96. The molecule has 2 heterocycles. The fourth-order valence-corrected chi connectivity index (χ4v) is 3.03. The Kier molecular flexibility index (Phi) is 3.41. The van der Waals surface area contributed by atoms with Gasteiger partial charge in [-0.2, -0.15) is 5.10 Å². The van der Waals surface area contributed by atoms with Crippen molar-refractivity contribution in [2.45, 2.75) is 18.4 Å². The van der Waals surface area contributed by atoms with E-state index in [-0.39, 0.29) is 6.54 Å². The van der Waals surface area contributed by atoms with Gasteiger partial charge in [-0.25, -0.2) is 8.78 Å². The van der Waals surface area contributed by atoms with Crippen molar-refractivity contribution in [2.24, 2.45) is 0 Å². The third-order valence-electron chi connectivity index (χ3n) is 3.56. The molecule has 1 aromatic carbocycles. The molecule has 4 nitrogen and oxygen atoms in total. The normalized spacial score (nSPS) is 22.1. The lowest BCUT2D eigenvalue weighted by Crippen LogP contribution is -2.47. The smallest absolute Gasteiger partial charge is 0.282 e. The molecular formula is C13H14BrF2N3O. The van der Waals surface area contributed by atoms with Crippen LogP contribution in [0.4, 0.5) is 8.78 Å². The second-order valence-corrected chi connectivity index (χ2v) is 5.75. The predicted octanol–water partition coefficient (Wildman–Crippen LogP) is 2.98. The van der Waals surface area contributed by atoms with E-state index in [9.17, 15) is 8.78 Å².